The highest BCUT2D eigenvalue weighted by atomic mass is 19.2. The third-order valence-electron chi connectivity index (χ3n) is 3.32. The van der Waals surface area contributed by atoms with Gasteiger partial charge in [0, 0.05) is 6.42 Å². The maximum Gasteiger partial charge on any atom is 0.239 e. The van der Waals surface area contributed by atoms with Crippen LogP contribution in [0.25, 0.3) is 0 Å². The topological polar surface area (TPSA) is 78.4 Å². The van der Waals surface area contributed by atoms with E-state index in [9.17, 15) is 27.9 Å². The Morgan fingerprint density at radius 2 is 1.71 bits per heavy atom. The highest BCUT2D eigenvalue weighted by Crippen LogP contribution is 2.19. The van der Waals surface area contributed by atoms with E-state index in [4.69, 9.17) is 0 Å². The fourth-order valence-electron chi connectivity index (χ4n) is 1.94. The number of aliphatic hydroxyl groups is 1. The van der Waals surface area contributed by atoms with E-state index in [-0.39, 0.29) is 24.4 Å². The Labute approximate surface area is 138 Å². The molecule has 2 amide bonds. The van der Waals surface area contributed by atoms with Crippen molar-refractivity contribution in [2.75, 3.05) is 13.2 Å². The molecule has 1 atom stereocenters. The van der Waals surface area contributed by atoms with Crippen molar-refractivity contribution in [2.45, 2.75) is 32.7 Å². The maximum atomic E-state index is 13.2. The fraction of sp³-hybridized carbons (Fsp3) is 0.500. The van der Waals surface area contributed by atoms with E-state index >= 15 is 0 Å². The average Bonchev–Trinajstić information content (AvgIpc) is 2.53. The minimum Gasteiger partial charge on any atom is -0.394 e. The van der Waals surface area contributed by atoms with Crippen molar-refractivity contribution in [1.29, 1.82) is 0 Å². The molecule has 0 saturated heterocycles. The molecule has 5 nitrogen and oxygen atoms in total. The molecule has 8 heteroatoms. The predicted molar refractivity (Wildman–Crippen MR) is 81.4 cm³/mol. The summed E-state index contributed by atoms with van der Waals surface area (Å²) in [6, 6.07) is 0.274. The summed E-state index contributed by atoms with van der Waals surface area (Å²) in [6.45, 7) is 2.96. The molecule has 1 rings (SSSR count). The predicted octanol–water partition coefficient (Wildman–Crippen LogP) is 1.81. The van der Waals surface area contributed by atoms with Crippen LogP contribution in [0.3, 0.4) is 0 Å². The number of benzene rings is 1. The second-order valence-corrected chi connectivity index (χ2v) is 5.81. The number of nitrogens with one attached hydrogen (secondary N) is 2. The molecule has 1 aromatic carbocycles. The van der Waals surface area contributed by atoms with Crippen LogP contribution in [0.1, 0.15) is 38.3 Å². The molecule has 3 N–H and O–H groups in total. The zero-order valence-electron chi connectivity index (χ0n) is 13.5. The number of hydrogen-bond acceptors (Lipinski definition) is 3. The lowest BCUT2D eigenvalue weighted by molar-refractivity contribution is -0.126. The van der Waals surface area contributed by atoms with Crippen LogP contribution < -0.4 is 10.6 Å². The smallest absolute Gasteiger partial charge is 0.239 e. The molecule has 0 bridgehead atoms. The lowest BCUT2D eigenvalue weighted by Gasteiger charge is -2.17. The monoisotopic (exact) mass is 346 g/mol. The standard InChI is InChI=1S/C16H21F3N2O3/c1-9(2)3-4-14(23)20-7-15(24)21-13(8-22)10-5-11(17)16(19)12(18)6-10/h5-6,9,13,22H,3-4,7-8H2,1-2H3,(H,20,23)(H,21,24). The molecule has 0 saturated carbocycles. The Balaban J connectivity index is 2.59. The molecule has 1 aromatic rings. The van der Waals surface area contributed by atoms with Gasteiger partial charge in [0.1, 0.15) is 0 Å². The largest absolute Gasteiger partial charge is 0.394 e. The number of rotatable bonds is 8. The highest BCUT2D eigenvalue weighted by Gasteiger charge is 2.19. The van der Waals surface area contributed by atoms with Gasteiger partial charge in [0.25, 0.3) is 0 Å². The van der Waals surface area contributed by atoms with E-state index in [0.29, 0.717) is 24.5 Å². The van der Waals surface area contributed by atoms with Gasteiger partial charge in [-0.2, -0.15) is 0 Å². The Kier molecular flexibility index (Phi) is 7.70. The van der Waals surface area contributed by atoms with Crippen molar-refractivity contribution < 1.29 is 27.9 Å². The van der Waals surface area contributed by atoms with Crippen molar-refractivity contribution >= 4 is 11.8 Å². The SMILES string of the molecule is CC(C)CCC(=O)NCC(=O)NC(CO)c1cc(F)c(F)c(F)c1. The number of hydrogen-bond donors (Lipinski definition) is 3. The van der Waals surface area contributed by atoms with Gasteiger partial charge >= 0.3 is 0 Å². The van der Waals surface area contributed by atoms with Crippen LogP contribution in [0.5, 0.6) is 0 Å². The first-order valence-corrected chi connectivity index (χ1v) is 7.56. The molecule has 1 unspecified atom stereocenters. The number of carbonyl (C=O) groups excluding carboxylic acids is 2. The molecule has 24 heavy (non-hydrogen) atoms. The Hall–Kier alpha value is -2.09. The average molecular weight is 346 g/mol. The summed E-state index contributed by atoms with van der Waals surface area (Å²) in [7, 11) is 0. The molecule has 0 aliphatic heterocycles. The molecule has 0 spiro atoms. The summed E-state index contributed by atoms with van der Waals surface area (Å²) < 4.78 is 39.4. The van der Waals surface area contributed by atoms with Gasteiger partial charge < -0.3 is 15.7 Å². The van der Waals surface area contributed by atoms with E-state index in [0.717, 1.165) is 0 Å². The van der Waals surface area contributed by atoms with Gasteiger partial charge in [-0.05, 0) is 30.0 Å². The van der Waals surface area contributed by atoms with Crippen molar-refractivity contribution in [2.24, 2.45) is 5.92 Å². The van der Waals surface area contributed by atoms with Crippen LogP contribution in [0, 0.1) is 23.4 Å². The first kappa shape index (κ1) is 20.0. The molecule has 0 fully saturated rings. The van der Waals surface area contributed by atoms with E-state index in [1.807, 2.05) is 13.8 Å². The van der Waals surface area contributed by atoms with Gasteiger partial charge in [0.05, 0.1) is 19.2 Å². The van der Waals surface area contributed by atoms with Gasteiger partial charge in [0.2, 0.25) is 11.8 Å². The minimum atomic E-state index is -1.63. The Bertz CT molecular complexity index is 571. The molecule has 0 aliphatic carbocycles. The summed E-state index contributed by atoms with van der Waals surface area (Å²) in [4.78, 5) is 23.3. The van der Waals surface area contributed by atoms with Gasteiger partial charge in [-0.3, -0.25) is 9.59 Å². The molecular weight excluding hydrogens is 325 g/mol. The van der Waals surface area contributed by atoms with Crippen molar-refractivity contribution in [3.05, 3.63) is 35.1 Å². The first-order valence-electron chi connectivity index (χ1n) is 7.56. The molecular formula is C16H21F3N2O3. The van der Waals surface area contributed by atoms with Crippen LogP contribution in [0.15, 0.2) is 12.1 Å². The van der Waals surface area contributed by atoms with Crippen molar-refractivity contribution in [1.82, 2.24) is 10.6 Å². The van der Waals surface area contributed by atoms with Gasteiger partial charge in [-0.15, -0.1) is 0 Å². The summed E-state index contributed by atoms with van der Waals surface area (Å²) in [6.07, 6.45) is 0.962. The Morgan fingerprint density at radius 3 is 2.21 bits per heavy atom. The number of halogens is 3. The molecule has 0 radical (unpaired) electrons. The zero-order valence-corrected chi connectivity index (χ0v) is 13.5. The molecule has 0 aromatic heterocycles. The second kappa shape index (κ2) is 9.27. The second-order valence-electron chi connectivity index (χ2n) is 5.81. The number of amides is 2. The van der Waals surface area contributed by atoms with E-state index < -0.39 is 36.0 Å². The van der Waals surface area contributed by atoms with Crippen LogP contribution in [-0.2, 0) is 9.59 Å². The quantitative estimate of drug-likeness (QED) is 0.628. The number of carbonyl (C=O) groups is 2. The fourth-order valence-corrected chi connectivity index (χ4v) is 1.94. The first-order chi connectivity index (χ1) is 11.2. The lowest BCUT2D eigenvalue weighted by Crippen LogP contribution is -2.39. The van der Waals surface area contributed by atoms with Crippen molar-refractivity contribution in [3.63, 3.8) is 0 Å². The van der Waals surface area contributed by atoms with E-state index in [1.54, 1.807) is 0 Å². The third kappa shape index (κ3) is 6.19. The normalized spacial score (nSPS) is 12.1. The van der Waals surface area contributed by atoms with Crippen LogP contribution in [-0.4, -0.2) is 30.1 Å². The Morgan fingerprint density at radius 1 is 1.12 bits per heavy atom. The third-order valence-corrected chi connectivity index (χ3v) is 3.32. The molecule has 0 aliphatic rings. The minimum absolute atomic E-state index is 0.117. The van der Waals surface area contributed by atoms with Crippen LogP contribution >= 0.6 is 0 Å². The summed E-state index contributed by atoms with van der Waals surface area (Å²) in [5.41, 5.74) is -0.117. The van der Waals surface area contributed by atoms with Crippen LogP contribution in [0.2, 0.25) is 0 Å². The highest BCUT2D eigenvalue weighted by molar-refractivity contribution is 5.84. The van der Waals surface area contributed by atoms with Gasteiger partial charge in [-0.1, -0.05) is 13.8 Å². The summed E-state index contributed by atoms with van der Waals surface area (Å²) >= 11 is 0. The van der Waals surface area contributed by atoms with Crippen molar-refractivity contribution in [3.8, 4) is 0 Å². The summed E-state index contributed by atoms with van der Waals surface area (Å²) in [5, 5.41) is 14.0. The van der Waals surface area contributed by atoms with Gasteiger partial charge in [0.15, 0.2) is 17.5 Å². The maximum absolute atomic E-state index is 13.2. The van der Waals surface area contributed by atoms with E-state index in [2.05, 4.69) is 10.6 Å². The molecule has 0 heterocycles. The zero-order chi connectivity index (χ0) is 18.3. The van der Waals surface area contributed by atoms with Gasteiger partial charge in [-0.25, -0.2) is 13.2 Å². The lowest BCUT2D eigenvalue weighted by atomic mass is 10.1. The number of aliphatic hydroxyl groups excluding tert-OH is 1. The van der Waals surface area contributed by atoms with Crippen LogP contribution in [0.4, 0.5) is 13.2 Å². The molecule has 134 valence electrons. The van der Waals surface area contributed by atoms with E-state index in [1.165, 1.54) is 0 Å². The summed E-state index contributed by atoms with van der Waals surface area (Å²) in [5.74, 6) is -5.04.